The maximum absolute atomic E-state index is 13.8. The predicted molar refractivity (Wildman–Crippen MR) is 142 cm³/mol. The molecule has 0 fully saturated rings. The van der Waals surface area contributed by atoms with Crippen LogP contribution in [0.2, 0.25) is 0 Å². The molecule has 3 N–H and O–H groups in total. The molecule has 0 aliphatic rings. The van der Waals surface area contributed by atoms with Crippen molar-refractivity contribution >= 4 is 17.9 Å². The number of nitrogens with one attached hydrogen (secondary N) is 2. The summed E-state index contributed by atoms with van der Waals surface area (Å²) in [7, 11) is 0. The molecule has 0 radical (unpaired) electrons. The van der Waals surface area contributed by atoms with Gasteiger partial charge >= 0.3 is 6.09 Å². The van der Waals surface area contributed by atoms with Gasteiger partial charge < -0.3 is 20.5 Å². The van der Waals surface area contributed by atoms with Gasteiger partial charge in [-0.3, -0.25) is 14.5 Å². The summed E-state index contributed by atoms with van der Waals surface area (Å²) in [6, 6.07) is 15.2. The number of rotatable bonds is 11. The Labute approximate surface area is 219 Å². The van der Waals surface area contributed by atoms with E-state index in [1.165, 1.54) is 12.1 Å². The number of amides is 3. The van der Waals surface area contributed by atoms with Gasteiger partial charge in [0.2, 0.25) is 5.91 Å². The molecular formula is C29H37N3O5. The van der Waals surface area contributed by atoms with E-state index in [1.807, 2.05) is 0 Å². The smallest absolute Gasteiger partial charge is 0.408 e. The second kappa shape index (κ2) is 13.9. The van der Waals surface area contributed by atoms with Gasteiger partial charge in [-0.05, 0) is 50.5 Å². The Morgan fingerprint density at radius 3 is 2.27 bits per heavy atom. The largest absolute Gasteiger partial charge is 0.508 e. The number of phenols is 1. The van der Waals surface area contributed by atoms with Crippen molar-refractivity contribution in [2.45, 2.75) is 71.1 Å². The highest BCUT2D eigenvalue weighted by atomic mass is 16.6. The number of hydrogen-bond acceptors (Lipinski definition) is 5. The Kier molecular flexibility index (Phi) is 11.0. The zero-order valence-corrected chi connectivity index (χ0v) is 22.0. The molecule has 0 aliphatic carbocycles. The molecular weight excluding hydrogens is 470 g/mol. The Bertz CT molecular complexity index is 1070. The first-order valence-corrected chi connectivity index (χ1v) is 12.4. The summed E-state index contributed by atoms with van der Waals surface area (Å²) < 4.78 is 5.37. The first-order valence-electron chi connectivity index (χ1n) is 12.4. The number of benzene rings is 2. The topological polar surface area (TPSA) is 108 Å². The van der Waals surface area contributed by atoms with Crippen molar-refractivity contribution in [1.82, 2.24) is 15.5 Å². The SMILES string of the molecule is C#CN(C(=O)C(Cc1ccc(O)cc1)NC(=O)OC(C)(C)C)C(C(=O)NCCCCC)c1ccccc1. The molecule has 2 aromatic rings. The third-order valence-corrected chi connectivity index (χ3v) is 5.44. The third kappa shape index (κ3) is 9.53. The fraction of sp³-hybridized carbons (Fsp3) is 0.414. The van der Waals surface area contributed by atoms with Crippen LogP contribution in [0.15, 0.2) is 54.6 Å². The minimum atomic E-state index is -1.13. The van der Waals surface area contributed by atoms with Crippen LogP contribution < -0.4 is 10.6 Å². The van der Waals surface area contributed by atoms with Crippen molar-refractivity contribution in [1.29, 1.82) is 0 Å². The summed E-state index contributed by atoms with van der Waals surface area (Å²) in [5.41, 5.74) is 0.430. The number of carbonyl (C=O) groups excluding carboxylic acids is 3. The summed E-state index contributed by atoms with van der Waals surface area (Å²) in [6.45, 7) is 7.66. The van der Waals surface area contributed by atoms with Crippen LogP contribution in [-0.2, 0) is 20.7 Å². The van der Waals surface area contributed by atoms with Gasteiger partial charge in [0.05, 0.1) is 0 Å². The van der Waals surface area contributed by atoms with Crippen LogP contribution in [0.3, 0.4) is 0 Å². The minimum absolute atomic E-state index is 0.0656. The second-order valence-corrected chi connectivity index (χ2v) is 9.72. The third-order valence-electron chi connectivity index (χ3n) is 5.44. The molecule has 0 aromatic heterocycles. The highest BCUT2D eigenvalue weighted by Crippen LogP contribution is 2.23. The van der Waals surface area contributed by atoms with Crippen molar-refractivity contribution in [2.24, 2.45) is 0 Å². The van der Waals surface area contributed by atoms with Crippen molar-refractivity contribution in [2.75, 3.05) is 6.54 Å². The Balaban J connectivity index is 2.39. The Hall–Kier alpha value is -3.99. The molecule has 0 spiro atoms. The van der Waals surface area contributed by atoms with Gasteiger partial charge in [0.1, 0.15) is 23.4 Å². The molecule has 2 aromatic carbocycles. The number of ether oxygens (including phenoxy) is 1. The molecule has 2 atom stereocenters. The van der Waals surface area contributed by atoms with Crippen molar-refractivity contribution < 1.29 is 24.2 Å². The number of aromatic hydroxyl groups is 1. The number of phenolic OH excluding ortho intramolecular Hbond substituents is 1. The molecule has 0 saturated heterocycles. The van der Waals surface area contributed by atoms with E-state index in [4.69, 9.17) is 11.2 Å². The number of hydrogen-bond donors (Lipinski definition) is 3. The van der Waals surface area contributed by atoms with E-state index in [1.54, 1.807) is 63.2 Å². The zero-order valence-electron chi connectivity index (χ0n) is 22.0. The van der Waals surface area contributed by atoms with Gasteiger partial charge in [-0.15, -0.1) is 0 Å². The van der Waals surface area contributed by atoms with E-state index in [2.05, 4.69) is 23.6 Å². The highest BCUT2D eigenvalue weighted by molar-refractivity contribution is 5.93. The van der Waals surface area contributed by atoms with Gasteiger partial charge in [0, 0.05) is 19.0 Å². The lowest BCUT2D eigenvalue weighted by molar-refractivity contribution is -0.138. The molecule has 8 nitrogen and oxygen atoms in total. The first kappa shape index (κ1) is 29.2. The number of alkyl carbamates (subject to hydrolysis) is 1. The van der Waals surface area contributed by atoms with Gasteiger partial charge in [-0.2, -0.15) is 0 Å². The molecule has 0 saturated carbocycles. The van der Waals surface area contributed by atoms with E-state index in [-0.39, 0.29) is 12.2 Å². The number of carbonyl (C=O) groups is 3. The van der Waals surface area contributed by atoms with Crippen molar-refractivity contribution in [3.05, 3.63) is 65.7 Å². The van der Waals surface area contributed by atoms with Crippen LogP contribution in [-0.4, -0.2) is 46.1 Å². The van der Waals surface area contributed by atoms with Gasteiger partial charge in [0.25, 0.3) is 5.91 Å². The molecule has 3 amide bonds. The molecule has 0 heterocycles. The van der Waals surface area contributed by atoms with Crippen molar-refractivity contribution in [3.63, 3.8) is 0 Å². The predicted octanol–water partition coefficient (Wildman–Crippen LogP) is 4.30. The first-order chi connectivity index (χ1) is 17.6. The van der Waals surface area contributed by atoms with Crippen LogP contribution in [0.1, 0.15) is 64.1 Å². The summed E-state index contributed by atoms with van der Waals surface area (Å²) >= 11 is 0. The lowest BCUT2D eigenvalue weighted by atomic mass is 10.0. The summed E-state index contributed by atoms with van der Waals surface area (Å²) in [5, 5.41) is 15.1. The van der Waals surface area contributed by atoms with Crippen LogP contribution >= 0.6 is 0 Å². The minimum Gasteiger partial charge on any atom is -0.508 e. The summed E-state index contributed by atoms with van der Waals surface area (Å²) in [5.74, 6) is -0.978. The summed E-state index contributed by atoms with van der Waals surface area (Å²) in [4.78, 5) is 40.8. The van der Waals surface area contributed by atoms with Crippen molar-refractivity contribution in [3.8, 4) is 18.2 Å². The second-order valence-electron chi connectivity index (χ2n) is 9.72. The normalized spacial score (nSPS) is 12.5. The number of terminal acetylenes is 1. The molecule has 2 unspecified atom stereocenters. The average molecular weight is 508 g/mol. The van der Waals surface area contributed by atoms with Gasteiger partial charge in [-0.25, -0.2) is 4.79 Å². The lowest BCUT2D eigenvalue weighted by Gasteiger charge is -2.30. The van der Waals surface area contributed by atoms with E-state index in [9.17, 15) is 19.5 Å². The van der Waals surface area contributed by atoms with Crippen LogP contribution in [0.25, 0.3) is 0 Å². The fourth-order valence-electron chi connectivity index (χ4n) is 3.69. The number of unbranched alkanes of at least 4 members (excludes halogenated alkanes) is 2. The van der Waals surface area contributed by atoms with E-state index in [0.29, 0.717) is 17.7 Å². The van der Waals surface area contributed by atoms with Gasteiger partial charge in [0.15, 0.2) is 0 Å². The monoisotopic (exact) mass is 507 g/mol. The lowest BCUT2D eigenvalue weighted by Crippen LogP contribution is -2.52. The van der Waals surface area contributed by atoms with E-state index >= 15 is 0 Å². The highest BCUT2D eigenvalue weighted by Gasteiger charge is 2.35. The maximum Gasteiger partial charge on any atom is 0.408 e. The van der Waals surface area contributed by atoms with E-state index < -0.39 is 35.6 Å². The zero-order chi connectivity index (χ0) is 27.4. The van der Waals surface area contributed by atoms with Crippen LogP contribution in [0, 0.1) is 12.5 Å². The maximum atomic E-state index is 13.8. The quantitative estimate of drug-likeness (QED) is 0.239. The molecule has 8 heteroatoms. The standard InChI is InChI=1S/C29H37N3O5/c1-6-8-12-19-30-26(34)25(22-13-10-9-11-14-22)32(7-2)27(35)24(31-28(36)37-29(3,4)5)20-21-15-17-23(33)18-16-21/h2,9-11,13-18,24-25,33H,6,8,12,19-20H2,1,3-5H3,(H,30,34)(H,31,36). The molecule has 2 rings (SSSR count). The Morgan fingerprint density at radius 1 is 1.05 bits per heavy atom. The molecule has 0 bridgehead atoms. The Morgan fingerprint density at radius 2 is 1.70 bits per heavy atom. The molecule has 198 valence electrons. The summed E-state index contributed by atoms with van der Waals surface area (Å²) in [6.07, 6.45) is 7.85. The van der Waals surface area contributed by atoms with E-state index in [0.717, 1.165) is 24.2 Å². The van der Waals surface area contributed by atoms with Gasteiger partial charge in [-0.1, -0.05) is 68.7 Å². The van der Waals surface area contributed by atoms with Crippen LogP contribution in [0.4, 0.5) is 4.79 Å². The fourth-order valence-corrected chi connectivity index (χ4v) is 3.69. The molecule has 0 aliphatic heterocycles. The average Bonchev–Trinajstić information content (AvgIpc) is 2.85. The number of nitrogens with zero attached hydrogens (tertiary/aromatic N) is 1. The van der Waals surface area contributed by atoms with Crippen LogP contribution in [0.5, 0.6) is 5.75 Å². The molecule has 37 heavy (non-hydrogen) atoms.